The Kier molecular flexibility index (Phi) is 3.78. The molecule has 4 nitrogen and oxygen atoms in total. The lowest BCUT2D eigenvalue weighted by molar-refractivity contribution is 0.449. The Bertz CT molecular complexity index is 644. The van der Waals surface area contributed by atoms with E-state index in [-0.39, 0.29) is 23.2 Å². The summed E-state index contributed by atoms with van der Waals surface area (Å²) in [4.78, 5) is 7.82. The highest BCUT2D eigenvalue weighted by atomic mass is 19.2. The quantitative estimate of drug-likeness (QED) is 0.847. The highest BCUT2D eigenvalue weighted by molar-refractivity contribution is 5.65. The molecule has 1 aromatic heterocycles. The van der Waals surface area contributed by atoms with Crippen molar-refractivity contribution >= 4 is 17.3 Å². The van der Waals surface area contributed by atoms with Gasteiger partial charge >= 0.3 is 0 Å². The minimum atomic E-state index is -1.54. The second-order valence-corrected chi connectivity index (χ2v) is 4.52. The molecule has 0 saturated heterocycles. The van der Waals surface area contributed by atoms with Crippen molar-refractivity contribution < 1.29 is 13.2 Å². The molecule has 0 aliphatic rings. The normalized spacial score (nSPS) is 10.9. The van der Waals surface area contributed by atoms with Crippen LogP contribution in [0, 0.1) is 17.5 Å². The molecule has 2 rings (SSSR count). The summed E-state index contributed by atoms with van der Waals surface area (Å²) in [7, 11) is 0. The van der Waals surface area contributed by atoms with Gasteiger partial charge in [-0.3, -0.25) is 0 Å². The van der Waals surface area contributed by atoms with Crippen molar-refractivity contribution in [3.8, 4) is 0 Å². The van der Waals surface area contributed by atoms with Gasteiger partial charge in [-0.15, -0.1) is 0 Å². The molecule has 0 atom stereocenters. The zero-order valence-corrected chi connectivity index (χ0v) is 10.9. The highest BCUT2D eigenvalue weighted by Gasteiger charge is 2.17. The first-order valence-electron chi connectivity index (χ1n) is 5.92. The summed E-state index contributed by atoms with van der Waals surface area (Å²) in [5.74, 6) is -3.61. The number of halogens is 3. The Morgan fingerprint density at radius 2 is 1.80 bits per heavy atom. The van der Waals surface area contributed by atoms with Crippen LogP contribution in [-0.4, -0.2) is 9.97 Å². The summed E-state index contributed by atoms with van der Waals surface area (Å²) in [6, 6.07) is 1.93. The van der Waals surface area contributed by atoms with Crippen molar-refractivity contribution in [2.24, 2.45) is 0 Å². The van der Waals surface area contributed by atoms with E-state index in [4.69, 9.17) is 5.73 Å². The van der Waals surface area contributed by atoms with Crippen molar-refractivity contribution in [3.05, 3.63) is 41.5 Å². The first kappa shape index (κ1) is 14.1. The van der Waals surface area contributed by atoms with Crippen LogP contribution in [0.25, 0.3) is 0 Å². The topological polar surface area (TPSA) is 63.8 Å². The van der Waals surface area contributed by atoms with Crippen LogP contribution in [0.1, 0.15) is 25.3 Å². The van der Waals surface area contributed by atoms with Crippen LogP contribution in [-0.2, 0) is 0 Å². The van der Waals surface area contributed by atoms with Gasteiger partial charge in [0.05, 0.1) is 5.69 Å². The molecule has 0 spiro atoms. The number of rotatable bonds is 3. The third-order valence-electron chi connectivity index (χ3n) is 2.78. The fraction of sp³-hybridized carbons (Fsp3) is 0.231. The number of hydrogen-bond donors (Lipinski definition) is 2. The van der Waals surface area contributed by atoms with Crippen LogP contribution < -0.4 is 11.1 Å². The lowest BCUT2D eigenvalue weighted by Crippen LogP contribution is -2.08. The van der Waals surface area contributed by atoms with Crippen LogP contribution in [0.3, 0.4) is 0 Å². The van der Waals surface area contributed by atoms with E-state index in [1.165, 1.54) is 6.33 Å². The molecule has 106 valence electrons. The Hall–Kier alpha value is -2.31. The van der Waals surface area contributed by atoms with Gasteiger partial charge in [0.2, 0.25) is 0 Å². The molecule has 1 heterocycles. The number of nitrogens with zero attached hydrogens (tertiary/aromatic N) is 2. The summed E-state index contributed by atoms with van der Waals surface area (Å²) in [6.07, 6.45) is 1.21. The molecule has 0 fully saturated rings. The fourth-order valence-corrected chi connectivity index (χ4v) is 1.83. The number of nitrogens with one attached hydrogen (secondary N) is 1. The summed E-state index contributed by atoms with van der Waals surface area (Å²) in [5.41, 5.74) is 6.11. The van der Waals surface area contributed by atoms with Crippen molar-refractivity contribution in [3.63, 3.8) is 0 Å². The third-order valence-corrected chi connectivity index (χ3v) is 2.78. The third kappa shape index (κ3) is 2.52. The molecule has 0 amide bonds. The van der Waals surface area contributed by atoms with Crippen LogP contribution in [0.4, 0.5) is 30.5 Å². The van der Waals surface area contributed by atoms with Gasteiger partial charge in [-0.1, -0.05) is 13.8 Å². The molecule has 0 bridgehead atoms. The maximum atomic E-state index is 13.6. The molecule has 7 heteroatoms. The number of hydrogen-bond acceptors (Lipinski definition) is 4. The van der Waals surface area contributed by atoms with E-state index in [1.54, 1.807) is 0 Å². The van der Waals surface area contributed by atoms with Crippen LogP contribution >= 0.6 is 0 Å². The molecule has 2 aromatic rings. The number of anilines is 3. The average Bonchev–Trinajstić information content (AvgIpc) is 2.39. The number of benzene rings is 1. The van der Waals surface area contributed by atoms with Crippen molar-refractivity contribution in [2.75, 3.05) is 11.1 Å². The Morgan fingerprint density at radius 3 is 2.45 bits per heavy atom. The maximum Gasteiger partial charge on any atom is 0.196 e. The van der Waals surface area contributed by atoms with E-state index in [2.05, 4.69) is 15.3 Å². The predicted octanol–water partition coefficient (Wildman–Crippen LogP) is 3.34. The number of aromatic nitrogens is 2. The van der Waals surface area contributed by atoms with Gasteiger partial charge < -0.3 is 11.1 Å². The molecule has 0 radical (unpaired) electrons. The highest BCUT2D eigenvalue weighted by Crippen LogP contribution is 2.30. The van der Waals surface area contributed by atoms with E-state index in [1.807, 2.05) is 13.8 Å². The minimum absolute atomic E-state index is 0.0212. The van der Waals surface area contributed by atoms with Crippen LogP contribution in [0.15, 0.2) is 18.5 Å². The van der Waals surface area contributed by atoms with Gasteiger partial charge in [0.1, 0.15) is 18.0 Å². The molecule has 3 N–H and O–H groups in total. The molecule has 0 saturated carbocycles. The number of nitrogen functional groups attached to an aromatic ring is 1. The number of nitrogens with two attached hydrogens (primary N) is 1. The summed E-state index contributed by atoms with van der Waals surface area (Å²) < 4.78 is 39.7. The lowest BCUT2D eigenvalue weighted by atomic mass is 10.0. The Labute approximate surface area is 113 Å². The minimum Gasteiger partial charge on any atom is -0.383 e. The summed E-state index contributed by atoms with van der Waals surface area (Å²) in [5, 5.41) is 2.62. The largest absolute Gasteiger partial charge is 0.383 e. The molecule has 0 unspecified atom stereocenters. The lowest BCUT2D eigenvalue weighted by Gasteiger charge is -2.15. The summed E-state index contributed by atoms with van der Waals surface area (Å²) >= 11 is 0. The average molecular weight is 282 g/mol. The van der Waals surface area contributed by atoms with Crippen molar-refractivity contribution in [2.45, 2.75) is 19.8 Å². The SMILES string of the molecule is CC(C)c1c(N)ncnc1Nc1ccc(F)c(F)c1F. The van der Waals surface area contributed by atoms with Gasteiger partial charge in [0.25, 0.3) is 0 Å². The maximum absolute atomic E-state index is 13.6. The molecular weight excluding hydrogens is 269 g/mol. The smallest absolute Gasteiger partial charge is 0.196 e. The Morgan fingerprint density at radius 1 is 1.10 bits per heavy atom. The summed E-state index contributed by atoms with van der Waals surface area (Å²) in [6.45, 7) is 3.73. The van der Waals surface area contributed by atoms with Gasteiger partial charge in [-0.25, -0.2) is 23.1 Å². The van der Waals surface area contributed by atoms with Gasteiger partial charge in [0, 0.05) is 5.56 Å². The second kappa shape index (κ2) is 5.36. The van der Waals surface area contributed by atoms with E-state index in [0.29, 0.717) is 5.56 Å². The Balaban J connectivity index is 2.46. The molecule has 1 aromatic carbocycles. The second-order valence-electron chi connectivity index (χ2n) is 4.52. The van der Waals surface area contributed by atoms with E-state index >= 15 is 0 Å². The standard InChI is InChI=1S/C13H13F3N4/c1-6(2)9-12(17)18-5-19-13(9)20-8-4-3-7(14)10(15)11(8)16/h3-6H,1-2H3,(H3,17,18,19,20). The van der Waals surface area contributed by atoms with Crippen LogP contribution in [0.2, 0.25) is 0 Å². The van der Waals surface area contributed by atoms with E-state index in [0.717, 1.165) is 12.1 Å². The monoisotopic (exact) mass is 282 g/mol. The zero-order chi connectivity index (χ0) is 14.9. The zero-order valence-electron chi connectivity index (χ0n) is 10.9. The van der Waals surface area contributed by atoms with Crippen molar-refractivity contribution in [1.29, 1.82) is 0 Å². The fourth-order valence-electron chi connectivity index (χ4n) is 1.83. The van der Waals surface area contributed by atoms with E-state index in [9.17, 15) is 13.2 Å². The molecule has 0 aliphatic heterocycles. The molecule has 20 heavy (non-hydrogen) atoms. The van der Waals surface area contributed by atoms with Crippen LogP contribution in [0.5, 0.6) is 0 Å². The van der Waals surface area contributed by atoms with Gasteiger partial charge in [0.15, 0.2) is 17.5 Å². The van der Waals surface area contributed by atoms with Crippen molar-refractivity contribution in [1.82, 2.24) is 9.97 Å². The first-order valence-corrected chi connectivity index (χ1v) is 5.92. The van der Waals surface area contributed by atoms with Gasteiger partial charge in [-0.05, 0) is 18.1 Å². The van der Waals surface area contributed by atoms with Gasteiger partial charge in [-0.2, -0.15) is 0 Å². The first-order chi connectivity index (χ1) is 9.41. The molecular formula is C13H13F3N4. The van der Waals surface area contributed by atoms with E-state index < -0.39 is 17.5 Å². The predicted molar refractivity (Wildman–Crippen MR) is 70.1 cm³/mol. The molecule has 0 aliphatic carbocycles.